The van der Waals surface area contributed by atoms with E-state index in [4.69, 9.17) is 29.9 Å². The number of hydrogen-bond acceptors (Lipinski definition) is 6. The van der Waals surface area contributed by atoms with Crippen molar-refractivity contribution in [3.63, 3.8) is 0 Å². The third-order valence-electron chi connectivity index (χ3n) is 16.0. The van der Waals surface area contributed by atoms with E-state index in [1.54, 1.807) is 0 Å². The van der Waals surface area contributed by atoms with Gasteiger partial charge in [-0.3, -0.25) is 9.97 Å². The highest BCUT2D eigenvalue weighted by Crippen LogP contribution is 2.51. The molecule has 0 fully saturated rings. The number of aromatic nitrogens is 6. The summed E-state index contributed by atoms with van der Waals surface area (Å²) in [5, 5.41) is 9.42. The van der Waals surface area contributed by atoms with Gasteiger partial charge in [0.05, 0.1) is 33.8 Å². The standard InChI is InChI=1S/C70H42N6/c1-7-45-25-27-49-31-35-55(53-33-29-47(9-1)63(45)65(49)53)69-73-59(39-61(75-69)57-15-3-11-51-13-5-37-71-67(51)57)43-21-17-41(18-22-43)42-19-23-44(24-20-42)60-40-62(58-16-4-12-52-14-6-38-72-68(52)58)76-70(74-60)56-36-32-50-28-26-46-8-2-10-48-30-34-54(56)66(50)64(46)48/h1-40,63,65H. The maximum absolute atomic E-state index is 5.40. The van der Waals surface area contributed by atoms with Crippen molar-refractivity contribution in [1.29, 1.82) is 0 Å². The summed E-state index contributed by atoms with van der Waals surface area (Å²) in [7, 11) is 0. The van der Waals surface area contributed by atoms with Crippen LogP contribution >= 0.6 is 0 Å². The lowest BCUT2D eigenvalue weighted by Crippen LogP contribution is -2.29. The number of benzene rings is 8. The maximum atomic E-state index is 5.40. The Morgan fingerprint density at radius 3 is 1.50 bits per heavy atom. The highest BCUT2D eigenvalue weighted by atomic mass is 14.9. The zero-order valence-corrected chi connectivity index (χ0v) is 40.9. The Morgan fingerprint density at radius 1 is 0.329 bits per heavy atom. The Morgan fingerprint density at radius 2 is 0.829 bits per heavy atom. The molecule has 8 aromatic carbocycles. The van der Waals surface area contributed by atoms with Crippen molar-refractivity contribution in [3.8, 4) is 67.5 Å². The summed E-state index contributed by atoms with van der Waals surface area (Å²) in [5.74, 6) is 1.87. The molecule has 0 spiro atoms. The molecule has 4 aliphatic carbocycles. The van der Waals surface area contributed by atoms with E-state index in [2.05, 4.69) is 218 Å². The predicted octanol–water partition coefficient (Wildman–Crippen LogP) is 16.8. The van der Waals surface area contributed by atoms with E-state index in [0.29, 0.717) is 11.6 Å². The first-order chi connectivity index (χ1) is 37.6. The van der Waals surface area contributed by atoms with Crippen LogP contribution in [-0.2, 0) is 0 Å². The SMILES string of the molecule is C1=CC2=CC=C3C=CC(c4nc(-c5ccc(-c6ccc(-c7cc(-c8cccc9cccnc89)nc(-c8ccc9ccc%10cccc%11ccc8c9c%10%11)n7)cc6)cc5)cc(-c5cccc6cccnc56)n4)=C4C=CC(=C1)C2C34. The molecule has 6 nitrogen and oxygen atoms in total. The van der Waals surface area contributed by atoms with Crippen LogP contribution in [0.25, 0.3) is 127 Å². The van der Waals surface area contributed by atoms with Gasteiger partial charge in [-0.15, -0.1) is 0 Å². The Labute approximate surface area is 437 Å². The molecular weight excluding hydrogens is 925 g/mol. The Bertz CT molecular complexity index is 4660. The number of nitrogens with zero attached hydrogens (tertiary/aromatic N) is 6. The summed E-state index contributed by atoms with van der Waals surface area (Å²) in [6.45, 7) is 0. The minimum atomic E-state index is 0.209. The molecule has 0 bridgehead atoms. The van der Waals surface area contributed by atoms with Crippen LogP contribution in [0.4, 0.5) is 0 Å². The fraction of sp³-hybridized carbons (Fsp3) is 0.0286. The van der Waals surface area contributed by atoms with Crippen LogP contribution in [-0.4, -0.2) is 29.9 Å². The van der Waals surface area contributed by atoms with Gasteiger partial charge in [0.25, 0.3) is 0 Å². The Hall–Kier alpha value is -10.0. The highest BCUT2D eigenvalue weighted by Gasteiger charge is 2.39. The van der Waals surface area contributed by atoms with Crippen LogP contribution in [0.5, 0.6) is 0 Å². The third kappa shape index (κ3) is 6.74. The largest absolute Gasteiger partial charge is 0.256 e. The molecule has 0 saturated heterocycles. The smallest absolute Gasteiger partial charge is 0.161 e. The Kier molecular flexibility index (Phi) is 9.36. The van der Waals surface area contributed by atoms with Crippen LogP contribution in [0.3, 0.4) is 0 Å². The zero-order valence-electron chi connectivity index (χ0n) is 40.9. The molecule has 4 aliphatic rings. The lowest BCUT2D eigenvalue weighted by molar-refractivity contribution is 0.565. The van der Waals surface area contributed by atoms with Crippen LogP contribution in [0.2, 0.25) is 0 Å². The average Bonchev–Trinajstić information content (AvgIpc) is 3.49. The minimum absolute atomic E-state index is 0.209. The summed E-state index contributed by atoms with van der Waals surface area (Å²) >= 11 is 0. The fourth-order valence-electron chi connectivity index (χ4n) is 12.3. The van der Waals surface area contributed by atoms with Gasteiger partial charge in [0, 0.05) is 68.4 Å². The van der Waals surface area contributed by atoms with Crippen molar-refractivity contribution in [2.75, 3.05) is 0 Å². The van der Waals surface area contributed by atoms with Gasteiger partial charge in [0.1, 0.15) is 0 Å². The molecule has 16 rings (SSSR count). The first-order valence-corrected chi connectivity index (χ1v) is 25.9. The van der Waals surface area contributed by atoms with E-state index < -0.39 is 0 Å². The fourth-order valence-corrected chi connectivity index (χ4v) is 12.3. The molecule has 6 heteroatoms. The summed E-state index contributed by atoms with van der Waals surface area (Å²) < 4.78 is 0. The maximum Gasteiger partial charge on any atom is 0.161 e. The highest BCUT2D eigenvalue weighted by molar-refractivity contribution is 6.25. The summed E-state index contributed by atoms with van der Waals surface area (Å²) in [6, 6.07) is 62.3. The second kappa shape index (κ2) is 16.7. The molecule has 0 N–H and O–H groups in total. The molecule has 0 aliphatic heterocycles. The number of fused-ring (bicyclic) bond motifs is 2. The van der Waals surface area contributed by atoms with E-state index in [1.807, 2.05) is 24.5 Å². The van der Waals surface area contributed by atoms with Crippen LogP contribution in [0.1, 0.15) is 5.82 Å². The summed E-state index contributed by atoms with van der Waals surface area (Å²) in [6.07, 6.45) is 24.0. The second-order valence-electron chi connectivity index (χ2n) is 20.2. The number of hydrogen-bond donors (Lipinski definition) is 0. The number of para-hydroxylation sites is 2. The van der Waals surface area contributed by atoms with Crippen LogP contribution in [0, 0.1) is 11.8 Å². The van der Waals surface area contributed by atoms with Gasteiger partial charge < -0.3 is 0 Å². The molecule has 0 radical (unpaired) electrons. The molecular formula is C70H42N6. The summed E-state index contributed by atoms with van der Waals surface area (Å²) in [5.41, 5.74) is 18.6. The number of allylic oxidation sites excluding steroid dienone is 14. The van der Waals surface area contributed by atoms with Crippen molar-refractivity contribution in [2.24, 2.45) is 11.8 Å². The predicted molar refractivity (Wildman–Crippen MR) is 310 cm³/mol. The normalized spacial score (nSPS) is 16.4. The average molecular weight is 967 g/mol. The van der Waals surface area contributed by atoms with E-state index in [1.165, 1.54) is 49.2 Å². The van der Waals surface area contributed by atoms with Gasteiger partial charge >= 0.3 is 0 Å². The van der Waals surface area contributed by atoms with E-state index >= 15 is 0 Å². The van der Waals surface area contributed by atoms with Crippen molar-refractivity contribution >= 4 is 59.7 Å². The first kappa shape index (κ1) is 42.5. The molecule has 2 unspecified atom stereocenters. The van der Waals surface area contributed by atoms with E-state index in [-0.39, 0.29) is 11.8 Å². The van der Waals surface area contributed by atoms with Gasteiger partial charge in [0.15, 0.2) is 11.6 Å². The third-order valence-corrected chi connectivity index (χ3v) is 16.0. The zero-order chi connectivity index (χ0) is 49.8. The second-order valence-corrected chi connectivity index (χ2v) is 20.2. The van der Waals surface area contributed by atoms with Gasteiger partial charge in [-0.05, 0) is 96.1 Å². The quantitative estimate of drug-likeness (QED) is 0.148. The molecule has 0 amide bonds. The molecule has 2 atom stereocenters. The van der Waals surface area contributed by atoms with Crippen molar-refractivity contribution in [3.05, 3.63) is 271 Å². The van der Waals surface area contributed by atoms with E-state index in [0.717, 1.165) is 94.5 Å². The molecule has 76 heavy (non-hydrogen) atoms. The van der Waals surface area contributed by atoms with Gasteiger partial charge in [0.2, 0.25) is 0 Å². The lowest BCUT2D eigenvalue weighted by Gasteiger charge is -2.40. The van der Waals surface area contributed by atoms with Crippen molar-refractivity contribution < 1.29 is 0 Å². The van der Waals surface area contributed by atoms with Gasteiger partial charge in [-0.1, -0.05) is 200 Å². The monoisotopic (exact) mass is 966 g/mol. The number of pyridine rings is 2. The van der Waals surface area contributed by atoms with Crippen LogP contribution < -0.4 is 0 Å². The molecule has 12 aromatic rings. The number of rotatable bonds is 7. The summed E-state index contributed by atoms with van der Waals surface area (Å²) in [4.78, 5) is 31.2. The topological polar surface area (TPSA) is 77.3 Å². The van der Waals surface area contributed by atoms with Crippen LogP contribution in [0.15, 0.2) is 265 Å². The minimum Gasteiger partial charge on any atom is -0.256 e. The van der Waals surface area contributed by atoms with Gasteiger partial charge in [-0.25, -0.2) is 19.9 Å². The lowest BCUT2D eigenvalue weighted by atomic mass is 9.63. The molecule has 352 valence electrons. The first-order valence-electron chi connectivity index (χ1n) is 25.9. The molecule has 4 heterocycles. The molecule has 0 saturated carbocycles. The van der Waals surface area contributed by atoms with Gasteiger partial charge in [-0.2, -0.15) is 0 Å². The van der Waals surface area contributed by atoms with E-state index in [9.17, 15) is 0 Å². The molecule has 4 aromatic heterocycles. The van der Waals surface area contributed by atoms with Crippen molar-refractivity contribution in [2.45, 2.75) is 0 Å². The van der Waals surface area contributed by atoms with Crippen molar-refractivity contribution in [1.82, 2.24) is 29.9 Å². The Balaban J connectivity index is 0.784.